The lowest BCUT2D eigenvalue weighted by Crippen LogP contribution is -2.32. The lowest BCUT2D eigenvalue weighted by atomic mass is 9.93. The Morgan fingerprint density at radius 2 is 1.67 bits per heavy atom. The van der Waals surface area contributed by atoms with E-state index in [2.05, 4.69) is 0 Å². The molecule has 124 valence electrons. The van der Waals surface area contributed by atoms with E-state index in [0.717, 1.165) is 28.6 Å². The Balaban J connectivity index is 1.85. The molecule has 2 aromatic rings. The predicted molar refractivity (Wildman–Crippen MR) is 90.3 cm³/mol. The van der Waals surface area contributed by atoms with Crippen LogP contribution in [0.1, 0.15) is 45.6 Å². The molecule has 5 heteroatoms. The van der Waals surface area contributed by atoms with Crippen LogP contribution in [0.25, 0.3) is 10.9 Å². The van der Waals surface area contributed by atoms with Crippen LogP contribution in [-0.4, -0.2) is 16.4 Å². The summed E-state index contributed by atoms with van der Waals surface area (Å²) < 4.78 is 16.6. The van der Waals surface area contributed by atoms with Crippen LogP contribution in [0.2, 0.25) is 0 Å². The molecule has 2 heterocycles. The lowest BCUT2D eigenvalue weighted by molar-refractivity contribution is -0.120. The van der Waals surface area contributed by atoms with Crippen LogP contribution in [0.15, 0.2) is 35.5 Å². The smallest absolute Gasteiger partial charge is 0.261 e. The summed E-state index contributed by atoms with van der Waals surface area (Å²) in [6.07, 6.45) is 4.94. The van der Waals surface area contributed by atoms with Crippen molar-refractivity contribution in [3.63, 3.8) is 0 Å². The van der Waals surface area contributed by atoms with Gasteiger partial charge in [-0.1, -0.05) is 0 Å². The van der Waals surface area contributed by atoms with Crippen LogP contribution in [0.4, 0.5) is 10.1 Å². The van der Waals surface area contributed by atoms with Gasteiger partial charge < -0.3 is 4.57 Å². The van der Waals surface area contributed by atoms with Gasteiger partial charge in [-0.15, -0.1) is 0 Å². The lowest BCUT2D eigenvalue weighted by Gasteiger charge is -2.17. The van der Waals surface area contributed by atoms with E-state index in [1.807, 2.05) is 30.7 Å². The normalized spacial score (nSPS) is 18.2. The van der Waals surface area contributed by atoms with E-state index in [1.54, 1.807) is 6.07 Å². The number of amides is 2. The Bertz CT molecular complexity index is 879. The van der Waals surface area contributed by atoms with E-state index in [4.69, 9.17) is 0 Å². The average molecular weight is 326 g/mol. The van der Waals surface area contributed by atoms with Crippen molar-refractivity contribution in [2.24, 2.45) is 0 Å². The van der Waals surface area contributed by atoms with Crippen molar-refractivity contribution in [2.45, 2.75) is 45.6 Å². The Kier molecular flexibility index (Phi) is 3.34. The summed E-state index contributed by atoms with van der Waals surface area (Å²) >= 11 is 0. The van der Waals surface area contributed by atoms with Crippen molar-refractivity contribution in [2.75, 3.05) is 4.90 Å². The fraction of sp³-hybridized carbons (Fsp3) is 0.368. The molecule has 0 saturated carbocycles. The number of fused-ring (bicyclic) bond motifs is 1. The topological polar surface area (TPSA) is 42.3 Å². The van der Waals surface area contributed by atoms with Crippen LogP contribution in [0.3, 0.4) is 0 Å². The second-order valence-corrected chi connectivity index (χ2v) is 6.79. The number of rotatable bonds is 2. The molecule has 1 aliphatic heterocycles. The summed E-state index contributed by atoms with van der Waals surface area (Å²) in [5.41, 5.74) is 2.04. The zero-order chi connectivity index (χ0) is 17.0. The van der Waals surface area contributed by atoms with Gasteiger partial charge in [0.2, 0.25) is 0 Å². The maximum atomic E-state index is 14.6. The van der Waals surface area contributed by atoms with Crippen molar-refractivity contribution in [1.29, 1.82) is 0 Å². The highest BCUT2D eigenvalue weighted by Gasteiger charge is 2.40. The van der Waals surface area contributed by atoms with E-state index in [9.17, 15) is 14.0 Å². The molecule has 0 N–H and O–H groups in total. The predicted octanol–water partition coefficient (Wildman–Crippen LogP) is 4.11. The van der Waals surface area contributed by atoms with Crippen molar-refractivity contribution >= 4 is 28.4 Å². The van der Waals surface area contributed by atoms with Crippen molar-refractivity contribution in [3.8, 4) is 0 Å². The first-order chi connectivity index (χ1) is 11.5. The average Bonchev–Trinajstić information content (AvgIpc) is 3.07. The summed E-state index contributed by atoms with van der Waals surface area (Å²) in [5.74, 6) is -1.24. The first-order valence-electron chi connectivity index (χ1n) is 8.40. The van der Waals surface area contributed by atoms with Crippen LogP contribution in [0, 0.1) is 5.82 Å². The first-order valence-corrected chi connectivity index (χ1v) is 8.40. The van der Waals surface area contributed by atoms with E-state index in [1.165, 1.54) is 6.07 Å². The molecule has 2 aliphatic rings. The third kappa shape index (κ3) is 2.04. The summed E-state index contributed by atoms with van der Waals surface area (Å²) in [6.45, 7) is 4.07. The number of carbonyl (C=O) groups excluding carboxylic acids is 2. The molecule has 1 aromatic carbocycles. The number of nitrogens with zero attached hydrogens (tertiary/aromatic N) is 2. The fourth-order valence-electron chi connectivity index (χ4n) is 3.74. The van der Waals surface area contributed by atoms with Crippen molar-refractivity contribution < 1.29 is 14.0 Å². The van der Waals surface area contributed by atoms with Gasteiger partial charge >= 0.3 is 0 Å². The third-order valence-electron chi connectivity index (χ3n) is 4.98. The maximum absolute atomic E-state index is 14.6. The Morgan fingerprint density at radius 3 is 2.25 bits per heavy atom. The molecule has 24 heavy (non-hydrogen) atoms. The number of anilines is 1. The molecule has 0 fully saturated rings. The fourth-order valence-corrected chi connectivity index (χ4v) is 3.74. The highest BCUT2D eigenvalue weighted by Crippen LogP contribution is 2.38. The minimum atomic E-state index is -0.537. The van der Waals surface area contributed by atoms with Gasteiger partial charge in [0.1, 0.15) is 5.82 Å². The number of aromatic nitrogens is 1. The van der Waals surface area contributed by atoms with E-state index in [-0.39, 0.29) is 23.5 Å². The Labute approximate surface area is 139 Å². The molecule has 0 spiro atoms. The number of hydrogen-bond donors (Lipinski definition) is 0. The largest absolute Gasteiger partial charge is 0.345 e. The van der Waals surface area contributed by atoms with E-state index < -0.39 is 5.82 Å². The van der Waals surface area contributed by atoms with Crippen molar-refractivity contribution in [3.05, 3.63) is 41.4 Å². The van der Waals surface area contributed by atoms with Gasteiger partial charge in [0, 0.05) is 28.8 Å². The monoisotopic (exact) mass is 326 g/mol. The molecule has 0 saturated heterocycles. The molecule has 1 aromatic heterocycles. The minimum Gasteiger partial charge on any atom is -0.345 e. The first kappa shape index (κ1) is 15.1. The number of hydrogen-bond acceptors (Lipinski definition) is 2. The third-order valence-corrected chi connectivity index (χ3v) is 4.98. The second-order valence-electron chi connectivity index (χ2n) is 6.79. The van der Waals surface area contributed by atoms with Gasteiger partial charge in [-0.05, 0) is 57.7 Å². The number of carbonyl (C=O) groups is 2. The van der Waals surface area contributed by atoms with Crippen LogP contribution in [-0.2, 0) is 9.59 Å². The van der Waals surface area contributed by atoms with Gasteiger partial charge in [0.15, 0.2) is 0 Å². The van der Waals surface area contributed by atoms with Gasteiger partial charge in [0.05, 0.1) is 11.2 Å². The van der Waals surface area contributed by atoms with Gasteiger partial charge in [-0.3, -0.25) is 9.59 Å². The standard InChI is InChI=1S/C19H19FN2O2/c1-11(2)21-8-7-12-9-15(20)17(10-16(12)21)22-18(23)13-5-3-4-6-14(13)19(22)24/h7-11H,3-6H2,1-2H3. The van der Waals surface area contributed by atoms with Crippen LogP contribution in [0.5, 0.6) is 0 Å². The molecule has 0 unspecified atom stereocenters. The SMILES string of the molecule is CC(C)n1ccc2cc(F)c(N3C(=O)C4=C(CCCC4)C3=O)cc21. The molecule has 0 radical (unpaired) electrons. The second kappa shape index (κ2) is 5.30. The summed E-state index contributed by atoms with van der Waals surface area (Å²) in [7, 11) is 0. The summed E-state index contributed by atoms with van der Waals surface area (Å²) in [6, 6.07) is 5.08. The Morgan fingerprint density at radius 1 is 1.04 bits per heavy atom. The molecule has 0 atom stereocenters. The van der Waals surface area contributed by atoms with Gasteiger partial charge in [0.25, 0.3) is 11.8 Å². The molecule has 2 amide bonds. The van der Waals surface area contributed by atoms with E-state index >= 15 is 0 Å². The van der Waals surface area contributed by atoms with Crippen LogP contribution >= 0.6 is 0 Å². The number of benzene rings is 1. The zero-order valence-electron chi connectivity index (χ0n) is 13.8. The molecular weight excluding hydrogens is 307 g/mol. The zero-order valence-corrected chi connectivity index (χ0v) is 13.8. The maximum Gasteiger partial charge on any atom is 0.261 e. The Hall–Kier alpha value is -2.43. The molecule has 0 bridgehead atoms. The minimum absolute atomic E-state index is 0.0625. The van der Waals surface area contributed by atoms with E-state index in [0.29, 0.717) is 24.0 Å². The van der Waals surface area contributed by atoms with Crippen molar-refractivity contribution in [1.82, 2.24) is 4.57 Å². The van der Waals surface area contributed by atoms with Crippen LogP contribution < -0.4 is 4.90 Å². The number of halogens is 1. The molecule has 4 nitrogen and oxygen atoms in total. The van der Waals surface area contributed by atoms with Gasteiger partial charge in [-0.2, -0.15) is 0 Å². The van der Waals surface area contributed by atoms with Gasteiger partial charge in [-0.25, -0.2) is 9.29 Å². The highest BCUT2D eigenvalue weighted by molar-refractivity contribution is 6.33. The molecule has 1 aliphatic carbocycles. The summed E-state index contributed by atoms with van der Waals surface area (Å²) in [4.78, 5) is 26.4. The molecule has 4 rings (SSSR count). The summed E-state index contributed by atoms with van der Waals surface area (Å²) in [5, 5.41) is 0.766. The number of imide groups is 1. The quantitative estimate of drug-likeness (QED) is 0.780. The molecular formula is C19H19FN2O2. The highest BCUT2D eigenvalue weighted by atomic mass is 19.1.